The predicted octanol–water partition coefficient (Wildman–Crippen LogP) is 2.81. The van der Waals surface area contributed by atoms with Gasteiger partial charge in [-0.3, -0.25) is 9.35 Å². The van der Waals surface area contributed by atoms with Gasteiger partial charge in [-0.2, -0.15) is 13.7 Å². The Balaban J connectivity index is 2.19. The van der Waals surface area contributed by atoms with Crippen molar-refractivity contribution >= 4 is 27.4 Å². The van der Waals surface area contributed by atoms with E-state index in [0.29, 0.717) is 12.2 Å². The molecule has 0 aliphatic rings. The number of para-hydroxylation sites is 1. The fourth-order valence-electron chi connectivity index (χ4n) is 2.17. The fraction of sp³-hybridized carbons (Fsp3) is 0.111. The van der Waals surface area contributed by atoms with Gasteiger partial charge in [-0.15, -0.1) is 0 Å². The summed E-state index contributed by atoms with van der Waals surface area (Å²) in [7, 11) is -4.30. The number of anilines is 2. The highest BCUT2D eigenvalue weighted by Gasteiger charge is 2.13. The van der Waals surface area contributed by atoms with Crippen LogP contribution in [0.4, 0.5) is 11.4 Å². The van der Waals surface area contributed by atoms with Gasteiger partial charge in [0.05, 0.1) is 4.90 Å². The molecule has 7 nitrogen and oxygen atoms in total. The molecular weight excluding hydrogens is 354 g/mol. The second-order valence-corrected chi connectivity index (χ2v) is 6.65. The van der Waals surface area contributed by atoms with Crippen LogP contribution in [0.1, 0.15) is 6.92 Å². The van der Waals surface area contributed by atoms with Crippen molar-refractivity contribution in [3.05, 3.63) is 66.4 Å². The maximum Gasteiger partial charge on any atom is 0.294 e. The smallest absolute Gasteiger partial charge is 0.294 e. The highest BCUT2D eigenvalue weighted by molar-refractivity contribution is 7.85. The highest BCUT2D eigenvalue weighted by atomic mass is 32.2. The molecule has 0 radical (unpaired) electrons. The minimum Gasteiger partial charge on any atom is -0.347 e. The van der Waals surface area contributed by atoms with Crippen molar-refractivity contribution in [3.63, 3.8) is 0 Å². The molecule has 0 atom stereocenters. The second kappa shape index (κ2) is 8.29. The number of hydrogen-bond donors (Lipinski definition) is 2. The van der Waals surface area contributed by atoms with Gasteiger partial charge in [0, 0.05) is 24.1 Å². The zero-order valence-electron chi connectivity index (χ0n) is 14.0. The summed E-state index contributed by atoms with van der Waals surface area (Å²) in [5.74, 6) is -0.624. The standard InChI is InChI=1S/C18H17N3O4S/c1-2-21(16-6-4-3-5-7-16)13-14(12-19)18(22)20-15-8-10-17(11-9-15)26(23,24)25/h3-11,13H,2H2,1H3,(H,20,22)(H,23,24,25)/b14-13-. The van der Waals surface area contributed by atoms with Crippen molar-refractivity contribution in [2.24, 2.45) is 0 Å². The number of hydrogen-bond acceptors (Lipinski definition) is 5. The molecule has 0 heterocycles. The largest absolute Gasteiger partial charge is 0.347 e. The van der Waals surface area contributed by atoms with E-state index in [0.717, 1.165) is 17.8 Å². The quantitative estimate of drug-likeness (QED) is 0.459. The van der Waals surface area contributed by atoms with Crippen LogP contribution in [0.25, 0.3) is 0 Å². The fourth-order valence-corrected chi connectivity index (χ4v) is 2.65. The van der Waals surface area contributed by atoms with E-state index in [1.54, 1.807) is 4.90 Å². The Labute approximate surface area is 151 Å². The molecule has 0 fully saturated rings. The van der Waals surface area contributed by atoms with Crippen LogP contribution in [0.5, 0.6) is 0 Å². The maximum atomic E-state index is 12.3. The second-order valence-electron chi connectivity index (χ2n) is 5.23. The Morgan fingerprint density at radius 3 is 2.31 bits per heavy atom. The third-order valence-corrected chi connectivity index (χ3v) is 4.36. The van der Waals surface area contributed by atoms with E-state index in [1.165, 1.54) is 18.3 Å². The van der Waals surface area contributed by atoms with E-state index in [4.69, 9.17) is 4.55 Å². The summed E-state index contributed by atoms with van der Waals surface area (Å²) in [4.78, 5) is 13.8. The molecule has 0 aliphatic carbocycles. The van der Waals surface area contributed by atoms with Gasteiger partial charge < -0.3 is 10.2 Å². The van der Waals surface area contributed by atoms with Crippen molar-refractivity contribution in [2.45, 2.75) is 11.8 Å². The molecule has 8 heteroatoms. The minimum atomic E-state index is -4.30. The lowest BCUT2D eigenvalue weighted by molar-refractivity contribution is -0.112. The van der Waals surface area contributed by atoms with Crippen LogP contribution in [-0.2, 0) is 14.9 Å². The van der Waals surface area contributed by atoms with Gasteiger partial charge in [0.15, 0.2) is 0 Å². The van der Waals surface area contributed by atoms with Gasteiger partial charge in [-0.05, 0) is 43.3 Å². The molecule has 0 saturated heterocycles. The summed E-state index contributed by atoms with van der Waals surface area (Å²) in [6.07, 6.45) is 1.46. The third kappa shape index (κ3) is 4.92. The molecule has 0 bridgehead atoms. The Bertz CT molecular complexity index is 946. The van der Waals surface area contributed by atoms with E-state index in [2.05, 4.69) is 5.32 Å². The van der Waals surface area contributed by atoms with E-state index in [1.807, 2.05) is 43.3 Å². The average molecular weight is 371 g/mol. The van der Waals surface area contributed by atoms with Crippen molar-refractivity contribution in [1.82, 2.24) is 0 Å². The van der Waals surface area contributed by atoms with Crippen molar-refractivity contribution in [3.8, 4) is 6.07 Å². The van der Waals surface area contributed by atoms with Gasteiger partial charge in [0.2, 0.25) is 0 Å². The molecule has 0 unspecified atom stereocenters. The lowest BCUT2D eigenvalue weighted by Gasteiger charge is -2.18. The summed E-state index contributed by atoms with van der Waals surface area (Å²) in [5.41, 5.74) is 1.04. The first kappa shape index (κ1) is 19.2. The van der Waals surface area contributed by atoms with Crippen LogP contribution >= 0.6 is 0 Å². The number of nitriles is 1. The summed E-state index contributed by atoms with van der Waals surface area (Å²) >= 11 is 0. The summed E-state index contributed by atoms with van der Waals surface area (Å²) in [6.45, 7) is 2.45. The van der Waals surface area contributed by atoms with E-state index in [9.17, 15) is 18.5 Å². The summed E-state index contributed by atoms with van der Waals surface area (Å²) in [6, 6.07) is 16.1. The third-order valence-electron chi connectivity index (χ3n) is 3.49. The van der Waals surface area contributed by atoms with Crippen LogP contribution in [0.3, 0.4) is 0 Å². The number of amides is 1. The van der Waals surface area contributed by atoms with Crippen LogP contribution in [0.2, 0.25) is 0 Å². The molecule has 0 spiro atoms. The molecule has 0 aromatic heterocycles. The lowest BCUT2D eigenvalue weighted by Crippen LogP contribution is -2.20. The van der Waals surface area contributed by atoms with E-state index in [-0.39, 0.29) is 10.5 Å². The predicted molar refractivity (Wildman–Crippen MR) is 98.0 cm³/mol. The maximum absolute atomic E-state index is 12.3. The molecule has 2 aromatic rings. The number of carbonyl (C=O) groups is 1. The van der Waals surface area contributed by atoms with Crippen LogP contribution in [0, 0.1) is 11.3 Å². The van der Waals surface area contributed by atoms with Gasteiger partial charge in [-0.1, -0.05) is 18.2 Å². The number of benzene rings is 2. The molecule has 2 rings (SSSR count). The molecule has 2 aromatic carbocycles. The Morgan fingerprint density at radius 2 is 1.81 bits per heavy atom. The molecule has 134 valence electrons. The summed E-state index contributed by atoms with van der Waals surface area (Å²) in [5, 5.41) is 11.8. The van der Waals surface area contributed by atoms with Crippen molar-refractivity contribution in [1.29, 1.82) is 5.26 Å². The first-order valence-electron chi connectivity index (χ1n) is 7.67. The van der Waals surface area contributed by atoms with Gasteiger partial charge in [0.25, 0.3) is 16.0 Å². The summed E-state index contributed by atoms with van der Waals surface area (Å²) < 4.78 is 31.0. The van der Waals surface area contributed by atoms with Crippen LogP contribution in [-0.4, -0.2) is 25.4 Å². The number of nitrogens with zero attached hydrogens (tertiary/aromatic N) is 2. The first-order chi connectivity index (χ1) is 12.3. The molecule has 0 saturated carbocycles. The van der Waals surface area contributed by atoms with Gasteiger partial charge >= 0.3 is 0 Å². The topological polar surface area (TPSA) is 111 Å². The Morgan fingerprint density at radius 1 is 1.19 bits per heavy atom. The first-order valence-corrected chi connectivity index (χ1v) is 9.11. The number of carbonyl (C=O) groups excluding carboxylic acids is 1. The molecule has 0 aliphatic heterocycles. The van der Waals surface area contributed by atoms with E-state index < -0.39 is 16.0 Å². The number of rotatable bonds is 6. The van der Waals surface area contributed by atoms with Crippen LogP contribution in [0.15, 0.2) is 71.3 Å². The Hall–Kier alpha value is -3.15. The molecule has 1 amide bonds. The minimum absolute atomic E-state index is 0.102. The SMILES string of the molecule is CCN(/C=C(/C#N)C(=O)Nc1ccc(S(=O)(=O)O)cc1)c1ccccc1. The Kier molecular flexibility index (Phi) is 6.11. The molecular formula is C18H17N3O4S. The monoisotopic (exact) mass is 371 g/mol. The molecule has 2 N–H and O–H groups in total. The average Bonchev–Trinajstić information content (AvgIpc) is 2.63. The van der Waals surface area contributed by atoms with Crippen molar-refractivity contribution in [2.75, 3.05) is 16.8 Å². The lowest BCUT2D eigenvalue weighted by atomic mass is 10.2. The highest BCUT2D eigenvalue weighted by Crippen LogP contribution is 2.17. The zero-order valence-corrected chi connectivity index (χ0v) is 14.8. The van der Waals surface area contributed by atoms with Gasteiger partial charge in [-0.25, -0.2) is 0 Å². The van der Waals surface area contributed by atoms with Gasteiger partial charge in [0.1, 0.15) is 11.6 Å². The number of nitrogens with one attached hydrogen (secondary N) is 1. The normalized spacial score (nSPS) is 11.5. The van der Waals surface area contributed by atoms with Crippen molar-refractivity contribution < 1.29 is 17.8 Å². The van der Waals surface area contributed by atoms with Crippen LogP contribution < -0.4 is 10.2 Å². The molecule has 26 heavy (non-hydrogen) atoms. The zero-order chi connectivity index (χ0) is 19.2. The van der Waals surface area contributed by atoms with E-state index >= 15 is 0 Å².